The van der Waals surface area contributed by atoms with Crippen LogP contribution in [0.3, 0.4) is 0 Å². The second-order valence-corrected chi connectivity index (χ2v) is 9.54. The fourth-order valence-electron chi connectivity index (χ4n) is 4.45. The SMILES string of the molecule is N=NC(N)=NC(=O)c1ccc(CN(C(=O)NCc2ccc(OC(F)(F)F)cc2)c2ccc(C3=CCCCC3)cc2)cc1. The molecule has 12 heteroatoms. The lowest BCUT2D eigenvalue weighted by molar-refractivity contribution is -0.274. The summed E-state index contributed by atoms with van der Waals surface area (Å²) < 4.78 is 41.3. The Hall–Kier alpha value is -5.00. The lowest BCUT2D eigenvalue weighted by Crippen LogP contribution is -2.39. The van der Waals surface area contributed by atoms with Gasteiger partial charge in [0, 0.05) is 17.8 Å². The number of nitrogens with zero attached hydrogens (tertiary/aromatic N) is 3. The Morgan fingerprint density at radius 1 is 0.952 bits per heavy atom. The molecule has 1 aliphatic carbocycles. The largest absolute Gasteiger partial charge is 0.573 e. The molecule has 0 aliphatic heterocycles. The van der Waals surface area contributed by atoms with E-state index < -0.39 is 24.3 Å². The molecule has 0 saturated carbocycles. The van der Waals surface area contributed by atoms with Gasteiger partial charge in [0.15, 0.2) is 0 Å². The molecule has 0 radical (unpaired) electrons. The Morgan fingerprint density at radius 2 is 1.62 bits per heavy atom. The van der Waals surface area contributed by atoms with Crippen LogP contribution in [0.25, 0.3) is 5.57 Å². The first-order valence-corrected chi connectivity index (χ1v) is 13.2. The van der Waals surface area contributed by atoms with Gasteiger partial charge in [-0.25, -0.2) is 10.3 Å². The highest BCUT2D eigenvalue weighted by Crippen LogP contribution is 2.29. The summed E-state index contributed by atoms with van der Waals surface area (Å²) in [5, 5.41) is 5.73. The monoisotopic (exact) mass is 578 g/mol. The number of nitrogens with one attached hydrogen (secondary N) is 2. The first-order valence-electron chi connectivity index (χ1n) is 13.2. The van der Waals surface area contributed by atoms with Gasteiger partial charge in [-0.15, -0.1) is 18.3 Å². The van der Waals surface area contributed by atoms with Gasteiger partial charge in [0.1, 0.15) is 5.75 Å². The number of rotatable bonds is 8. The number of hydrogen-bond acceptors (Lipinski definition) is 4. The first-order chi connectivity index (χ1) is 20.1. The second-order valence-electron chi connectivity index (χ2n) is 9.54. The molecule has 0 unspecified atom stereocenters. The van der Waals surface area contributed by atoms with Crippen LogP contribution in [-0.2, 0) is 13.1 Å². The highest BCUT2D eigenvalue weighted by molar-refractivity contribution is 6.02. The van der Waals surface area contributed by atoms with E-state index in [9.17, 15) is 22.8 Å². The Labute approximate surface area is 240 Å². The Morgan fingerprint density at radius 3 is 2.21 bits per heavy atom. The smallest absolute Gasteiger partial charge is 0.406 e. The summed E-state index contributed by atoms with van der Waals surface area (Å²) in [7, 11) is 0. The molecule has 0 saturated heterocycles. The van der Waals surface area contributed by atoms with Crippen LogP contribution in [0.5, 0.6) is 5.75 Å². The number of benzene rings is 3. The predicted octanol–water partition coefficient (Wildman–Crippen LogP) is 6.94. The number of guanidine groups is 1. The minimum Gasteiger partial charge on any atom is -0.406 e. The van der Waals surface area contributed by atoms with Crippen molar-refractivity contribution in [3.63, 3.8) is 0 Å². The van der Waals surface area contributed by atoms with Gasteiger partial charge in [-0.1, -0.05) is 42.5 Å². The molecule has 218 valence electrons. The van der Waals surface area contributed by atoms with Crippen LogP contribution in [0, 0.1) is 5.53 Å². The van der Waals surface area contributed by atoms with Gasteiger partial charge < -0.3 is 15.8 Å². The normalized spacial score (nSPS) is 13.6. The molecular formula is C30H29F3N6O3. The number of anilines is 1. The molecule has 42 heavy (non-hydrogen) atoms. The van der Waals surface area contributed by atoms with Gasteiger partial charge in [0.2, 0.25) is 5.96 Å². The van der Waals surface area contributed by atoms with Crippen molar-refractivity contribution in [3.05, 3.63) is 101 Å². The Kier molecular flexibility index (Phi) is 9.69. The number of ether oxygens (including phenoxy) is 1. The molecule has 0 fully saturated rings. The van der Waals surface area contributed by atoms with Crippen molar-refractivity contribution in [1.29, 1.82) is 5.53 Å². The third-order valence-corrected chi connectivity index (χ3v) is 6.56. The molecule has 0 bridgehead atoms. The van der Waals surface area contributed by atoms with Crippen molar-refractivity contribution >= 4 is 29.2 Å². The van der Waals surface area contributed by atoms with E-state index in [4.69, 9.17) is 11.3 Å². The third-order valence-electron chi connectivity index (χ3n) is 6.56. The van der Waals surface area contributed by atoms with E-state index in [1.807, 2.05) is 24.3 Å². The molecule has 3 aromatic rings. The number of allylic oxidation sites excluding steroid dienone is 2. The maximum atomic E-state index is 13.4. The quantitative estimate of drug-likeness (QED) is 0.152. The number of amides is 3. The summed E-state index contributed by atoms with van der Waals surface area (Å²) in [4.78, 5) is 30.7. The van der Waals surface area contributed by atoms with E-state index in [0.29, 0.717) is 11.3 Å². The summed E-state index contributed by atoms with van der Waals surface area (Å²) in [6.07, 6.45) is 1.82. The number of carbonyl (C=O) groups is 2. The number of nitrogens with two attached hydrogens (primary N) is 1. The van der Waals surface area contributed by atoms with E-state index in [2.05, 4.69) is 26.2 Å². The van der Waals surface area contributed by atoms with Crippen LogP contribution < -0.4 is 20.7 Å². The van der Waals surface area contributed by atoms with Gasteiger partial charge >= 0.3 is 12.4 Å². The number of aliphatic imine (C=N–C) groups is 1. The molecule has 0 aromatic heterocycles. The van der Waals surface area contributed by atoms with E-state index in [1.165, 1.54) is 53.3 Å². The second kappa shape index (κ2) is 13.6. The third kappa shape index (κ3) is 8.50. The maximum Gasteiger partial charge on any atom is 0.573 e. The minimum atomic E-state index is -4.79. The first kappa shape index (κ1) is 30.0. The average molecular weight is 579 g/mol. The lowest BCUT2D eigenvalue weighted by atomic mass is 9.93. The van der Waals surface area contributed by atoms with Crippen LogP contribution in [0.1, 0.15) is 52.7 Å². The maximum absolute atomic E-state index is 13.4. The molecule has 0 heterocycles. The van der Waals surface area contributed by atoms with E-state index in [0.717, 1.165) is 30.4 Å². The molecule has 9 nitrogen and oxygen atoms in total. The number of urea groups is 1. The van der Waals surface area contributed by atoms with Crippen LogP contribution in [0.15, 0.2) is 89.0 Å². The van der Waals surface area contributed by atoms with Crippen molar-refractivity contribution in [3.8, 4) is 5.75 Å². The van der Waals surface area contributed by atoms with E-state index in [-0.39, 0.29) is 24.4 Å². The van der Waals surface area contributed by atoms with Crippen LogP contribution in [0.2, 0.25) is 0 Å². The van der Waals surface area contributed by atoms with Gasteiger partial charge in [0.05, 0.1) is 6.54 Å². The van der Waals surface area contributed by atoms with Crippen molar-refractivity contribution in [1.82, 2.24) is 5.32 Å². The van der Waals surface area contributed by atoms with Crippen LogP contribution in [0.4, 0.5) is 23.7 Å². The van der Waals surface area contributed by atoms with Crippen molar-refractivity contribution < 1.29 is 27.5 Å². The van der Waals surface area contributed by atoms with Crippen molar-refractivity contribution in [2.45, 2.75) is 45.1 Å². The summed E-state index contributed by atoms with van der Waals surface area (Å²) in [5.41, 5.74) is 16.7. The molecule has 0 atom stereocenters. The van der Waals surface area contributed by atoms with Crippen molar-refractivity contribution in [2.24, 2.45) is 15.8 Å². The fourth-order valence-corrected chi connectivity index (χ4v) is 4.45. The molecule has 3 aromatic carbocycles. The Bertz CT molecular complexity index is 1470. The zero-order chi connectivity index (χ0) is 30.1. The standard InChI is InChI=1S/C30H29F3N6O3/c31-30(32,33)42-26-16-8-20(9-17-26)18-36-29(41)39(25-14-12-23(13-15-25)22-4-2-1-3-5-22)19-21-6-10-24(11-7-21)27(40)37-28(34)38-35/h4,6-17,35H,1-3,5,18-19H2,(H,36,41)(H2,34,37,40). The molecule has 4 N–H and O–H groups in total. The summed E-state index contributed by atoms with van der Waals surface area (Å²) in [6.45, 7) is 0.231. The van der Waals surface area contributed by atoms with Crippen LogP contribution >= 0.6 is 0 Å². The van der Waals surface area contributed by atoms with Crippen molar-refractivity contribution in [2.75, 3.05) is 4.90 Å². The van der Waals surface area contributed by atoms with Gasteiger partial charge in [0.25, 0.3) is 5.91 Å². The van der Waals surface area contributed by atoms with E-state index >= 15 is 0 Å². The summed E-state index contributed by atoms with van der Waals surface area (Å²) in [5.74, 6) is -1.46. The number of halogens is 3. The summed E-state index contributed by atoms with van der Waals surface area (Å²) in [6, 6.07) is 19.0. The number of hydrogen-bond donors (Lipinski definition) is 3. The lowest BCUT2D eigenvalue weighted by Gasteiger charge is -2.24. The molecule has 1 aliphatic rings. The molecular weight excluding hydrogens is 549 g/mol. The summed E-state index contributed by atoms with van der Waals surface area (Å²) >= 11 is 0. The zero-order valence-corrected chi connectivity index (χ0v) is 22.5. The average Bonchev–Trinajstić information content (AvgIpc) is 2.99. The number of alkyl halides is 3. The highest BCUT2D eigenvalue weighted by Gasteiger charge is 2.31. The Balaban J connectivity index is 1.51. The van der Waals surface area contributed by atoms with Gasteiger partial charge in [-0.3, -0.25) is 9.69 Å². The van der Waals surface area contributed by atoms with Crippen LogP contribution in [-0.4, -0.2) is 24.3 Å². The fraction of sp³-hybridized carbons (Fsp3) is 0.233. The predicted molar refractivity (Wildman–Crippen MR) is 152 cm³/mol. The van der Waals surface area contributed by atoms with E-state index in [1.54, 1.807) is 12.1 Å². The number of carbonyl (C=O) groups excluding carboxylic acids is 2. The zero-order valence-electron chi connectivity index (χ0n) is 22.5. The molecule has 0 spiro atoms. The van der Waals surface area contributed by atoms with Gasteiger partial charge in [-0.2, -0.15) is 4.99 Å². The molecule has 3 amide bonds. The highest BCUT2D eigenvalue weighted by atomic mass is 19.4. The topological polar surface area (TPSA) is 133 Å². The van der Waals surface area contributed by atoms with Gasteiger partial charge in [-0.05, 0) is 84.3 Å². The molecule has 4 rings (SSSR count). The minimum absolute atomic E-state index is 0.0700.